The second kappa shape index (κ2) is 7.68. The van der Waals surface area contributed by atoms with Crippen LogP contribution in [0.1, 0.15) is 12.0 Å². The van der Waals surface area contributed by atoms with Crippen LogP contribution >= 0.6 is 0 Å². The van der Waals surface area contributed by atoms with Crippen LogP contribution in [0.15, 0.2) is 42.5 Å². The second-order valence-corrected chi connectivity index (χ2v) is 7.22. The molecule has 0 aliphatic rings. The summed E-state index contributed by atoms with van der Waals surface area (Å²) in [5.41, 5.74) is 1.33. The summed E-state index contributed by atoms with van der Waals surface area (Å²) in [5.74, 6) is 0. The van der Waals surface area contributed by atoms with Crippen molar-refractivity contribution < 1.29 is 17.7 Å². The van der Waals surface area contributed by atoms with Gasteiger partial charge in [0.2, 0.25) is 0 Å². The van der Waals surface area contributed by atoms with Gasteiger partial charge >= 0.3 is 9.05 Å². The van der Waals surface area contributed by atoms with Crippen LogP contribution in [0.4, 0.5) is 0 Å². The van der Waals surface area contributed by atoms with Crippen LogP contribution in [0.5, 0.6) is 0 Å². The summed E-state index contributed by atoms with van der Waals surface area (Å²) in [6.45, 7) is 0.547. The van der Waals surface area contributed by atoms with E-state index in [2.05, 4.69) is 42.5 Å². The molecule has 0 amide bonds. The monoisotopic (exact) mass is 306 g/mol. The van der Waals surface area contributed by atoms with Crippen LogP contribution in [-0.4, -0.2) is 37.0 Å². The molecule has 0 aliphatic carbocycles. The Morgan fingerprint density at radius 1 is 0.857 bits per heavy atom. The van der Waals surface area contributed by atoms with Gasteiger partial charge in [-0.2, -0.15) is 0 Å². The Bertz CT molecular complexity index is 555. The van der Waals surface area contributed by atoms with E-state index in [4.69, 9.17) is 17.7 Å². The highest BCUT2D eigenvalue weighted by Crippen LogP contribution is 2.20. The summed E-state index contributed by atoms with van der Waals surface area (Å²) in [6.07, 6.45) is 1.84. The van der Waals surface area contributed by atoms with Gasteiger partial charge in [-0.1, -0.05) is 42.5 Å². The summed E-state index contributed by atoms with van der Waals surface area (Å²) in [7, 11) is 1.73. The number of rotatable bonds is 8. The smallest absolute Gasteiger partial charge is 0.355 e. The lowest BCUT2D eigenvalue weighted by Crippen LogP contribution is -2.46. The first-order valence-electron chi connectivity index (χ1n) is 7.00. The topological polar surface area (TPSA) is 36.9 Å². The van der Waals surface area contributed by atoms with E-state index in [1.165, 1.54) is 16.3 Å². The highest BCUT2D eigenvalue weighted by molar-refractivity contribution is 6.53. The van der Waals surface area contributed by atoms with Crippen molar-refractivity contribution >= 4 is 19.8 Å². The van der Waals surface area contributed by atoms with E-state index in [9.17, 15) is 0 Å². The molecule has 0 fully saturated rings. The van der Waals surface area contributed by atoms with Gasteiger partial charge in [0.1, 0.15) is 0 Å². The molecule has 2 aromatic carbocycles. The molecular weight excluding hydrogens is 284 g/mol. The molecule has 114 valence electrons. The highest BCUT2D eigenvalue weighted by atomic mass is 28.4. The molecule has 0 heterocycles. The summed E-state index contributed by atoms with van der Waals surface area (Å²) in [6, 6.07) is 14.8. The van der Waals surface area contributed by atoms with Gasteiger partial charge in [-0.3, -0.25) is 0 Å². The summed E-state index contributed by atoms with van der Waals surface area (Å²) >= 11 is 0. The predicted molar refractivity (Wildman–Crippen MR) is 85.0 cm³/mol. The SMILES string of the molecule is CO[Si](OC)(OC)OCCCc1cccc2ccccc12. The minimum atomic E-state index is -2.91. The lowest BCUT2D eigenvalue weighted by atomic mass is 10.0. The van der Waals surface area contributed by atoms with Crippen LogP contribution in [0.25, 0.3) is 10.8 Å². The summed E-state index contributed by atoms with van der Waals surface area (Å²) in [4.78, 5) is 0. The van der Waals surface area contributed by atoms with E-state index in [1.54, 1.807) is 21.3 Å². The molecule has 0 saturated heterocycles. The minimum absolute atomic E-state index is 0.547. The number of aryl methyl sites for hydroxylation is 1. The van der Waals surface area contributed by atoms with Gasteiger partial charge in [0.25, 0.3) is 0 Å². The van der Waals surface area contributed by atoms with Gasteiger partial charge in [-0.15, -0.1) is 0 Å². The zero-order valence-corrected chi connectivity index (χ0v) is 13.8. The molecule has 0 aromatic heterocycles. The third-order valence-corrected chi connectivity index (χ3v) is 5.56. The average Bonchev–Trinajstić information content (AvgIpc) is 2.56. The quantitative estimate of drug-likeness (QED) is 0.554. The van der Waals surface area contributed by atoms with E-state index in [1.807, 2.05) is 0 Å². The molecular formula is C16H22O4Si. The fraction of sp³-hybridized carbons (Fsp3) is 0.375. The molecule has 2 rings (SSSR count). The van der Waals surface area contributed by atoms with Gasteiger partial charge in [-0.05, 0) is 29.2 Å². The Hall–Kier alpha value is -1.24. The number of fused-ring (bicyclic) bond motifs is 1. The number of hydrogen-bond donors (Lipinski definition) is 0. The zero-order chi connectivity index (χ0) is 15.1. The van der Waals surface area contributed by atoms with E-state index in [0.717, 1.165) is 12.8 Å². The molecule has 5 heteroatoms. The fourth-order valence-corrected chi connectivity index (χ4v) is 3.64. The molecule has 0 N–H and O–H groups in total. The standard InChI is InChI=1S/C16H22O4Si/c1-17-21(18-2,19-3)20-13-7-11-15-10-6-9-14-8-4-5-12-16(14)15/h4-6,8-10,12H,7,11,13H2,1-3H3. The first kappa shape index (κ1) is 16.1. The maximum Gasteiger partial charge on any atom is 0.678 e. The first-order valence-corrected chi connectivity index (χ1v) is 8.64. The van der Waals surface area contributed by atoms with E-state index < -0.39 is 9.05 Å². The molecule has 0 radical (unpaired) electrons. The maximum absolute atomic E-state index is 5.68. The van der Waals surface area contributed by atoms with Gasteiger partial charge in [0, 0.05) is 27.9 Å². The van der Waals surface area contributed by atoms with Crippen LogP contribution < -0.4 is 0 Å². The molecule has 0 atom stereocenters. The van der Waals surface area contributed by atoms with Crippen LogP contribution in [0.3, 0.4) is 0 Å². The summed E-state index contributed by atoms with van der Waals surface area (Å²) in [5, 5.41) is 2.57. The molecule has 0 saturated carbocycles. The first-order chi connectivity index (χ1) is 10.2. The Balaban J connectivity index is 1.94. The van der Waals surface area contributed by atoms with Gasteiger partial charge in [0.05, 0.1) is 0 Å². The van der Waals surface area contributed by atoms with Crippen molar-refractivity contribution in [1.29, 1.82) is 0 Å². The maximum atomic E-state index is 5.68. The molecule has 0 unspecified atom stereocenters. The molecule has 2 aromatic rings. The molecule has 21 heavy (non-hydrogen) atoms. The van der Waals surface area contributed by atoms with E-state index in [0.29, 0.717) is 6.61 Å². The zero-order valence-electron chi connectivity index (χ0n) is 12.8. The van der Waals surface area contributed by atoms with Gasteiger partial charge in [0.15, 0.2) is 0 Å². The van der Waals surface area contributed by atoms with Crippen molar-refractivity contribution in [1.82, 2.24) is 0 Å². The lowest BCUT2D eigenvalue weighted by Gasteiger charge is -2.22. The second-order valence-electron chi connectivity index (χ2n) is 4.70. The largest absolute Gasteiger partial charge is 0.678 e. The van der Waals surface area contributed by atoms with Crippen LogP contribution in [0, 0.1) is 0 Å². The third-order valence-electron chi connectivity index (χ3n) is 3.50. The van der Waals surface area contributed by atoms with Crippen LogP contribution in [0.2, 0.25) is 0 Å². The van der Waals surface area contributed by atoms with Gasteiger partial charge in [-0.25, -0.2) is 0 Å². The Kier molecular flexibility index (Phi) is 5.90. The van der Waals surface area contributed by atoms with Crippen molar-refractivity contribution in [3.63, 3.8) is 0 Å². The van der Waals surface area contributed by atoms with Gasteiger partial charge < -0.3 is 17.7 Å². The van der Waals surface area contributed by atoms with Crippen molar-refractivity contribution in [2.75, 3.05) is 27.9 Å². The fourth-order valence-electron chi connectivity index (χ4n) is 2.40. The Labute approximate surface area is 127 Å². The molecule has 4 nitrogen and oxygen atoms in total. The molecule has 0 bridgehead atoms. The molecule has 0 spiro atoms. The molecule has 0 aliphatic heterocycles. The third kappa shape index (κ3) is 3.90. The normalized spacial score (nSPS) is 12.0. The number of hydrogen-bond acceptors (Lipinski definition) is 4. The Morgan fingerprint density at radius 2 is 1.52 bits per heavy atom. The average molecular weight is 306 g/mol. The van der Waals surface area contributed by atoms with E-state index in [-0.39, 0.29) is 0 Å². The minimum Gasteiger partial charge on any atom is -0.355 e. The summed E-state index contributed by atoms with van der Waals surface area (Å²) < 4.78 is 21.4. The van der Waals surface area contributed by atoms with Crippen molar-refractivity contribution in [2.45, 2.75) is 12.8 Å². The number of benzene rings is 2. The van der Waals surface area contributed by atoms with Crippen LogP contribution in [-0.2, 0) is 24.1 Å². The van der Waals surface area contributed by atoms with Crippen molar-refractivity contribution in [2.24, 2.45) is 0 Å². The highest BCUT2D eigenvalue weighted by Gasteiger charge is 2.41. The van der Waals surface area contributed by atoms with Crippen molar-refractivity contribution in [3.05, 3.63) is 48.0 Å². The van der Waals surface area contributed by atoms with E-state index >= 15 is 0 Å². The van der Waals surface area contributed by atoms with Crippen molar-refractivity contribution in [3.8, 4) is 0 Å². The predicted octanol–water partition coefficient (Wildman–Crippen LogP) is 3.16. The lowest BCUT2D eigenvalue weighted by molar-refractivity contribution is 0.00546. The Morgan fingerprint density at radius 3 is 2.24 bits per heavy atom.